The molecule has 0 spiro atoms. The highest BCUT2D eigenvalue weighted by atomic mass is 19.3. The average Bonchev–Trinajstić information content (AvgIpc) is 2.15. The van der Waals surface area contributed by atoms with Gasteiger partial charge >= 0.3 is 6.61 Å². The molecule has 0 saturated heterocycles. The first-order valence-corrected chi connectivity index (χ1v) is 4.02. The van der Waals surface area contributed by atoms with Crippen molar-refractivity contribution in [2.45, 2.75) is 6.61 Å². The number of rotatable bonds is 4. The second kappa shape index (κ2) is 5.09. The van der Waals surface area contributed by atoms with Gasteiger partial charge in [0.2, 0.25) is 0 Å². The summed E-state index contributed by atoms with van der Waals surface area (Å²) in [6.07, 6.45) is 1.88. The minimum absolute atomic E-state index is 0.0787. The van der Waals surface area contributed by atoms with Crippen molar-refractivity contribution in [3.8, 4) is 5.75 Å². The average molecular weight is 213 g/mol. The number of hydrogen-bond acceptors (Lipinski definition) is 3. The number of carboxylic acid groups (broad SMARTS) is 1. The highest BCUT2D eigenvalue weighted by Gasteiger charge is 2.06. The molecular formula is C10H7F2O3-. The molecule has 1 rings (SSSR count). The predicted molar refractivity (Wildman–Crippen MR) is 47.1 cm³/mol. The lowest BCUT2D eigenvalue weighted by Gasteiger charge is -2.07. The van der Waals surface area contributed by atoms with Gasteiger partial charge in [-0.1, -0.05) is 18.2 Å². The summed E-state index contributed by atoms with van der Waals surface area (Å²) in [5.74, 6) is -1.48. The van der Waals surface area contributed by atoms with Crippen LogP contribution in [0, 0.1) is 0 Å². The first-order chi connectivity index (χ1) is 7.09. The Morgan fingerprint density at radius 3 is 2.67 bits per heavy atom. The maximum atomic E-state index is 11.9. The first kappa shape index (κ1) is 11.2. The van der Waals surface area contributed by atoms with Crippen molar-refractivity contribution in [1.29, 1.82) is 0 Å². The molecule has 0 amide bonds. The van der Waals surface area contributed by atoms with Crippen molar-refractivity contribution in [3.05, 3.63) is 35.9 Å². The number of ether oxygens (including phenoxy) is 1. The molecule has 0 radical (unpaired) electrons. The Hall–Kier alpha value is -1.91. The van der Waals surface area contributed by atoms with Crippen LogP contribution in [0.1, 0.15) is 5.56 Å². The highest BCUT2D eigenvalue weighted by Crippen LogP contribution is 2.21. The van der Waals surface area contributed by atoms with Crippen molar-refractivity contribution in [1.82, 2.24) is 0 Å². The molecule has 0 heterocycles. The molecule has 0 saturated carbocycles. The monoisotopic (exact) mass is 213 g/mol. The fourth-order valence-corrected chi connectivity index (χ4v) is 0.979. The van der Waals surface area contributed by atoms with E-state index in [-0.39, 0.29) is 11.3 Å². The summed E-state index contributed by atoms with van der Waals surface area (Å²) in [5, 5.41) is 10.1. The van der Waals surface area contributed by atoms with Crippen molar-refractivity contribution in [2.24, 2.45) is 0 Å². The van der Waals surface area contributed by atoms with E-state index >= 15 is 0 Å². The second-order valence-electron chi connectivity index (χ2n) is 2.57. The number of carbonyl (C=O) groups excluding carboxylic acids is 1. The number of benzene rings is 1. The van der Waals surface area contributed by atoms with Crippen molar-refractivity contribution >= 4 is 12.0 Å². The van der Waals surface area contributed by atoms with E-state index in [1.54, 1.807) is 6.07 Å². The van der Waals surface area contributed by atoms with Crippen LogP contribution in [-0.2, 0) is 4.79 Å². The first-order valence-electron chi connectivity index (χ1n) is 4.02. The van der Waals surface area contributed by atoms with E-state index in [2.05, 4.69) is 4.74 Å². The van der Waals surface area contributed by atoms with Crippen LogP contribution < -0.4 is 9.84 Å². The lowest BCUT2D eigenvalue weighted by Crippen LogP contribution is -2.18. The molecule has 0 aliphatic rings. The zero-order chi connectivity index (χ0) is 11.3. The van der Waals surface area contributed by atoms with E-state index in [1.165, 1.54) is 18.2 Å². The summed E-state index contributed by atoms with van der Waals surface area (Å²) >= 11 is 0. The topological polar surface area (TPSA) is 49.4 Å². The van der Waals surface area contributed by atoms with Gasteiger partial charge in [-0.25, -0.2) is 0 Å². The van der Waals surface area contributed by atoms with Gasteiger partial charge in [0, 0.05) is 5.56 Å². The van der Waals surface area contributed by atoms with Crippen molar-refractivity contribution < 1.29 is 23.4 Å². The fourth-order valence-electron chi connectivity index (χ4n) is 0.979. The molecule has 0 aliphatic heterocycles. The minimum atomic E-state index is -2.94. The van der Waals surface area contributed by atoms with Gasteiger partial charge in [-0.2, -0.15) is 8.78 Å². The third kappa shape index (κ3) is 3.76. The van der Waals surface area contributed by atoms with E-state index in [4.69, 9.17) is 0 Å². The van der Waals surface area contributed by atoms with E-state index in [1.807, 2.05) is 0 Å². The summed E-state index contributed by atoms with van der Waals surface area (Å²) in [6.45, 7) is -2.94. The second-order valence-corrected chi connectivity index (χ2v) is 2.57. The van der Waals surface area contributed by atoms with Crippen LogP contribution in [0.5, 0.6) is 5.75 Å². The molecule has 0 fully saturated rings. The van der Waals surface area contributed by atoms with Crippen molar-refractivity contribution in [2.75, 3.05) is 0 Å². The zero-order valence-electron chi connectivity index (χ0n) is 7.52. The van der Waals surface area contributed by atoms with E-state index in [9.17, 15) is 18.7 Å². The predicted octanol–water partition coefficient (Wildman–Crippen LogP) is 1.05. The molecule has 0 bridgehead atoms. The molecule has 1 aromatic rings. The smallest absolute Gasteiger partial charge is 0.387 e. The summed E-state index contributed by atoms with van der Waals surface area (Å²) < 4.78 is 28.0. The molecule has 0 N–H and O–H groups in total. The van der Waals surface area contributed by atoms with Gasteiger partial charge in [0.1, 0.15) is 5.75 Å². The molecule has 80 valence electrons. The Morgan fingerprint density at radius 2 is 2.07 bits per heavy atom. The largest absolute Gasteiger partial charge is 0.545 e. The molecule has 1 aromatic carbocycles. The van der Waals surface area contributed by atoms with Crippen LogP contribution in [0.4, 0.5) is 8.78 Å². The Bertz CT molecular complexity index is 375. The minimum Gasteiger partial charge on any atom is -0.545 e. The van der Waals surface area contributed by atoms with Gasteiger partial charge in [0.15, 0.2) is 0 Å². The summed E-state index contributed by atoms with van der Waals surface area (Å²) in [4.78, 5) is 10.1. The number of carbonyl (C=O) groups is 1. The number of hydrogen-bond donors (Lipinski definition) is 0. The number of alkyl halides is 2. The third-order valence-corrected chi connectivity index (χ3v) is 1.53. The van der Waals surface area contributed by atoms with Crippen molar-refractivity contribution in [3.63, 3.8) is 0 Å². The third-order valence-electron chi connectivity index (χ3n) is 1.53. The van der Waals surface area contributed by atoms with Gasteiger partial charge in [-0.15, -0.1) is 0 Å². The number of halogens is 2. The number of para-hydroxylation sites is 1. The summed E-state index contributed by atoms with van der Waals surface area (Å²) in [7, 11) is 0. The van der Waals surface area contributed by atoms with Gasteiger partial charge in [-0.3, -0.25) is 0 Å². The van der Waals surface area contributed by atoms with Crippen LogP contribution in [0.3, 0.4) is 0 Å². The number of aliphatic carboxylic acids is 1. The molecule has 5 heteroatoms. The molecule has 0 unspecified atom stereocenters. The van der Waals surface area contributed by atoms with Crippen LogP contribution in [0.25, 0.3) is 6.08 Å². The van der Waals surface area contributed by atoms with Gasteiger partial charge in [-0.05, 0) is 18.2 Å². The van der Waals surface area contributed by atoms with Crippen LogP contribution in [0.2, 0.25) is 0 Å². The maximum absolute atomic E-state index is 11.9. The SMILES string of the molecule is O=C([O-])/C=C/c1ccccc1OC(F)F. The lowest BCUT2D eigenvalue weighted by molar-refractivity contribution is -0.297. The maximum Gasteiger partial charge on any atom is 0.387 e. The Labute approximate surface area is 84.6 Å². The molecule has 3 nitrogen and oxygen atoms in total. The number of carboxylic acids is 1. The molecule has 15 heavy (non-hydrogen) atoms. The zero-order valence-corrected chi connectivity index (χ0v) is 7.52. The van der Waals surface area contributed by atoms with Gasteiger partial charge < -0.3 is 14.6 Å². The molecule has 0 aliphatic carbocycles. The Balaban J connectivity index is 2.91. The van der Waals surface area contributed by atoms with Crippen LogP contribution in [-0.4, -0.2) is 12.6 Å². The van der Waals surface area contributed by atoms with Gasteiger partial charge in [0.05, 0.1) is 5.97 Å². The summed E-state index contributed by atoms with van der Waals surface area (Å²) in [5.41, 5.74) is 0.252. The lowest BCUT2D eigenvalue weighted by atomic mass is 10.2. The molecule has 0 atom stereocenters. The normalized spacial score (nSPS) is 10.9. The van der Waals surface area contributed by atoms with E-state index in [0.717, 1.165) is 12.2 Å². The summed E-state index contributed by atoms with van der Waals surface area (Å²) in [6, 6.07) is 5.86. The van der Waals surface area contributed by atoms with Gasteiger partial charge in [0.25, 0.3) is 0 Å². The Morgan fingerprint density at radius 1 is 1.40 bits per heavy atom. The van der Waals surface area contributed by atoms with Crippen LogP contribution in [0.15, 0.2) is 30.3 Å². The Kier molecular flexibility index (Phi) is 3.79. The quantitative estimate of drug-likeness (QED) is 0.702. The molecule has 0 aromatic heterocycles. The van der Waals surface area contributed by atoms with E-state index < -0.39 is 12.6 Å². The van der Waals surface area contributed by atoms with E-state index in [0.29, 0.717) is 0 Å². The highest BCUT2D eigenvalue weighted by molar-refractivity contribution is 5.84. The molecular weight excluding hydrogens is 206 g/mol. The standard InChI is InChI=1S/C10H8F2O3/c11-10(12)15-8-4-2-1-3-7(8)5-6-9(13)14/h1-6,10H,(H,13,14)/p-1/b6-5+. The van der Waals surface area contributed by atoms with Crippen LogP contribution >= 0.6 is 0 Å². The fraction of sp³-hybridized carbons (Fsp3) is 0.100.